The second-order valence-corrected chi connectivity index (χ2v) is 5.23. The van der Waals surface area contributed by atoms with Crippen molar-refractivity contribution in [1.82, 2.24) is 19.6 Å². The van der Waals surface area contributed by atoms with Crippen molar-refractivity contribution in [3.8, 4) is 0 Å². The molecule has 0 amide bonds. The number of likely N-dealkylation sites (N-methyl/N-ethyl adjacent to an activating group) is 4. The maximum Gasteiger partial charge on any atom is 0.209 e. The lowest BCUT2D eigenvalue weighted by molar-refractivity contribution is -0.289. The van der Waals surface area contributed by atoms with Crippen LogP contribution in [0.3, 0.4) is 0 Å². The van der Waals surface area contributed by atoms with E-state index in [4.69, 9.17) is 0 Å². The number of aliphatic hydroxyl groups is 1. The molecule has 0 fully saturated rings. The second kappa shape index (κ2) is 4.98. The zero-order chi connectivity index (χ0) is 13.3. The van der Waals surface area contributed by atoms with Crippen LogP contribution < -0.4 is 0 Å². The van der Waals surface area contributed by atoms with Crippen LogP contribution in [0.4, 0.5) is 0 Å². The van der Waals surface area contributed by atoms with Crippen molar-refractivity contribution in [3.05, 3.63) is 0 Å². The molecule has 16 heavy (non-hydrogen) atoms. The van der Waals surface area contributed by atoms with E-state index in [1.54, 1.807) is 0 Å². The Labute approximate surface area is 100 Å². The van der Waals surface area contributed by atoms with Gasteiger partial charge >= 0.3 is 0 Å². The molecule has 0 aliphatic heterocycles. The standard InChI is InChI=1S/C11H28N4O/c1-10(12(2)3,13(4)5)11(16,14(6)7)15(8)9/h16H,1-9H3. The highest BCUT2D eigenvalue weighted by Gasteiger charge is 2.54. The molecule has 0 unspecified atom stereocenters. The third-order valence-electron chi connectivity index (χ3n) is 3.62. The van der Waals surface area contributed by atoms with E-state index in [1.807, 2.05) is 82.9 Å². The minimum absolute atomic E-state index is 0.528. The largest absolute Gasteiger partial charge is 0.360 e. The molecule has 0 bridgehead atoms. The molecule has 5 nitrogen and oxygen atoms in total. The molecule has 0 heterocycles. The molecule has 0 atom stereocenters. The van der Waals surface area contributed by atoms with Gasteiger partial charge in [0, 0.05) is 0 Å². The smallest absolute Gasteiger partial charge is 0.209 e. The zero-order valence-corrected chi connectivity index (χ0v) is 12.2. The van der Waals surface area contributed by atoms with E-state index in [9.17, 15) is 5.11 Å². The summed E-state index contributed by atoms with van der Waals surface area (Å²) >= 11 is 0. The lowest BCUT2D eigenvalue weighted by Crippen LogP contribution is -2.77. The minimum Gasteiger partial charge on any atom is -0.360 e. The summed E-state index contributed by atoms with van der Waals surface area (Å²) in [4.78, 5) is 7.69. The maximum atomic E-state index is 11.0. The van der Waals surface area contributed by atoms with E-state index in [0.29, 0.717) is 0 Å². The summed E-state index contributed by atoms with van der Waals surface area (Å²) in [5, 5.41) is 11.0. The monoisotopic (exact) mass is 232 g/mol. The Morgan fingerprint density at radius 2 is 0.875 bits per heavy atom. The molecular formula is C11H28N4O. The summed E-state index contributed by atoms with van der Waals surface area (Å²) in [5.74, 6) is -1.08. The predicted molar refractivity (Wildman–Crippen MR) is 68.1 cm³/mol. The van der Waals surface area contributed by atoms with Crippen LogP contribution in [0.15, 0.2) is 0 Å². The summed E-state index contributed by atoms with van der Waals surface area (Å²) in [6.07, 6.45) is 0. The first-order chi connectivity index (χ1) is 7.02. The van der Waals surface area contributed by atoms with E-state index >= 15 is 0 Å². The molecule has 98 valence electrons. The van der Waals surface area contributed by atoms with Crippen LogP contribution in [0.2, 0.25) is 0 Å². The molecular weight excluding hydrogens is 204 g/mol. The van der Waals surface area contributed by atoms with Crippen LogP contribution in [-0.2, 0) is 0 Å². The molecule has 0 rings (SSSR count). The third-order valence-corrected chi connectivity index (χ3v) is 3.62. The van der Waals surface area contributed by atoms with Gasteiger partial charge in [-0.25, -0.2) is 0 Å². The molecule has 1 N–H and O–H groups in total. The minimum atomic E-state index is -1.08. The van der Waals surface area contributed by atoms with Gasteiger partial charge in [-0.1, -0.05) is 0 Å². The van der Waals surface area contributed by atoms with Crippen LogP contribution >= 0.6 is 0 Å². The number of rotatable bonds is 5. The van der Waals surface area contributed by atoms with Gasteiger partial charge in [-0.3, -0.25) is 19.6 Å². The van der Waals surface area contributed by atoms with Crippen molar-refractivity contribution < 1.29 is 5.11 Å². The Morgan fingerprint density at radius 3 is 0.938 bits per heavy atom. The zero-order valence-electron chi connectivity index (χ0n) is 12.2. The fourth-order valence-electron chi connectivity index (χ4n) is 2.25. The summed E-state index contributed by atoms with van der Waals surface area (Å²) < 4.78 is 0. The van der Waals surface area contributed by atoms with Crippen LogP contribution in [-0.4, -0.2) is 92.6 Å². The number of nitrogens with zero attached hydrogens (tertiary/aromatic N) is 4. The summed E-state index contributed by atoms with van der Waals surface area (Å²) in [6, 6.07) is 0. The Balaban J connectivity index is 5.64. The van der Waals surface area contributed by atoms with Gasteiger partial charge in [0.1, 0.15) is 5.66 Å². The normalized spacial score (nSPS) is 14.6. The topological polar surface area (TPSA) is 33.2 Å². The summed E-state index contributed by atoms with van der Waals surface area (Å²) in [7, 11) is 15.4. The summed E-state index contributed by atoms with van der Waals surface area (Å²) in [6.45, 7) is 2.02. The van der Waals surface area contributed by atoms with Crippen LogP contribution in [0.1, 0.15) is 6.92 Å². The molecule has 0 aliphatic rings. The van der Waals surface area contributed by atoms with E-state index in [1.165, 1.54) is 0 Å². The van der Waals surface area contributed by atoms with Crippen LogP contribution in [0.25, 0.3) is 0 Å². The van der Waals surface area contributed by atoms with Gasteiger partial charge in [-0.05, 0) is 63.3 Å². The summed E-state index contributed by atoms with van der Waals surface area (Å²) in [5.41, 5.74) is -0.528. The fourth-order valence-corrected chi connectivity index (χ4v) is 2.25. The highest BCUT2D eigenvalue weighted by Crippen LogP contribution is 2.32. The van der Waals surface area contributed by atoms with Crippen molar-refractivity contribution in [2.45, 2.75) is 18.4 Å². The van der Waals surface area contributed by atoms with E-state index in [-0.39, 0.29) is 0 Å². The molecule has 5 heteroatoms. The molecule has 0 radical (unpaired) electrons. The van der Waals surface area contributed by atoms with E-state index < -0.39 is 11.5 Å². The van der Waals surface area contributed by atoms with Gasteiger partial charge in [0.05, 0.1) is 0 Å². The molecule has 0 saturated carbocycles. The third kappa shape index (κ3) is 2.10. The molecule has 0 aromatic rings. The second-order valence-electron chi connectivity index (χ2n) is 5.23. The Kier molecular flexibility index (Phi) is 4.91. The van der Waals surface area contributed by atoms with Crippen molar-refractivity contribution in [3.63, 3.8) is 0 Å². The maximum absolute atomic E-state index is 11.0. The van der Waals surface area contributed by atoms with Crippen LogP contribution in [0.5, 0.6) is 0 Å². The fraction of sp³-hybridized carbons (Fsp3) is 1.00. The lowest BCUT2D eigenvalue weighted by Gasteiger charge is -2.57. The first-order valence-electron chi connectivity index (χ1n) is 5.45. The highest BCUT2D eigenvalue weighted by atomic mass is 16.3. The van der Waals surface area contributed by atoms with Crippen molar-refractivity contribution in [2.24, 2.45) is 0 Å². The Bertz CT molecular complexity index is 186. The van der Waals surface area contributed by atoms with Gasteiger partial charge in [0.15, 0.2) is 0 Å². The van der Waals surface area contributed by atoms with Gasteiger partial charge in [-0.15, -0.1) is 0 Å². The van der Waals surface area contributed by atoms with Gasteiger partial charge in [-0.2, -0.15) is 0 Å². The average Bonchev–Trinajstić information content (AvgIpc) is 2.13. The van der Waals surface area contributed by atoms with Crippen molar-refractivity contribution in [2.75, 3.05) is 56.4 Å². The average molecular weight is 232 g/mol. The molecule has 0 aliphatic carbocycles. The first kappa shape index (κ1) is 15.8. The lowest BCUT2D eigenvalue weighted by atomic mass is 10.0. The van der Waals surface area contributed by atoms with E-state index in [2.05, 4.69) is 0 Å². The molecule has 0 spiro atoms. The van der Waals surface area contributed by atoms with Gasteiger partial charge in [0.2, 0.25) is 5.85 Å². The van der Waals surface area contributed by atoms with Crippen molar-refractivity contribution in [1.29, 1.82) is 0 Å². The van der Waals surface area contributed by atoms with Crippen LogP contribution in [0, 0.1) is 0 Å². The number of hydrogen-bond acceptors (Lipinski definition) is 5. The van der Waals surface area contributed by atoms with Gasteiger partial charge in [0.25, 0.3) is 0 Å². The molecule has 0 aromatic heterocycles. The van der Waals surface area contributed by atoms with E-state index in [0.717, 1.165) is 0 Å². The van der Waals surface area contributed by atoms with Crippen molar-refractivity contribution >= 4 is 0 Å². The Hall–Kier alpha value is -0.200. The quantitative estimate of drug-likeness (QED) is 0.652. The predicted octanol–water partition coefficient (Wildman–Crippen LogP) is -0.405. The Morgan fingerprint density at radius 1 is 0.625 bits per heavy atom. The van der Waals surface area contributed by atoms with Gasteiger partial charge < -0.3 is 5.11 Å². The molecule has 0 saturated heterocycles. The SMILES string of the molecule is CN(C)C(C)(N(C)C)C(O)(N(C)C)N(C)C. The molecule has 0 aromatic carbocycles. The highest BCUT2D eigenvalue weighted by molar-refractivity contribution is 4.97. The first-order valence-corrected chi connectivity index (χ1v) is 5.45. The number of hydrogen-bond donors (Lipinski definition) is 1.